The van der Waals surface area contributed by atoms with Gasteiger partial charge in [-0.1, -0.05) is 42.8 Å². The monoisotopic (exact) mass is 438 g/mol. The van der Waals surface area contributed by atoms with Crippen molar-refractivity contribution in [3.63, 3.8) is 0 Å². The molecule has 1 fully saturated rings. The van der Waals surface area contributed by atoms with Crippen LogP contribution < -0.4 is 5.32 Å². The Morgan fingerprint density at radius 1 is 1.06 bits per heavy atom. The number of hydrogen-bond acceptors (Lipinski definition) is 4. The highest BCUT2D eigenvalue weighted by Gasteiger charge is 2.31. The largest absolute Gasteiger partial charge is 0.467 e. The Morgan fingerprint density at radius 2 is 1.87 bits per heavy atom. The SMILES string of the molecule is CC1CCCCN1S(=O)(=O)c1cccc(C(=O)NC(c2ccccc2)c2ccco2)c1. The predicted octanol–water partition coefficient (Wildman–Crippen LogP) is 4.36. The molecule has 2 atom stereocenters. The van der Waals surface area contributed by atoms with Crippen molar-refractivity contribution in [2.24, 2.45) is 0 Å². The number of nitrogens with zero attached hydrogens (tertiary/aromatic N) is 1. The fraction of sp³-hybridized carbons (Fsp3) is 0.292. The molecule has 0 spiro atoms. The third-order valence-corrected chi connectivity index (χ3v) is 7.69. The summed E-state index contributed by atoms with van der Waals surface area (Å²) in [5, 5.41) is 2.98. The molecule has 6 nitrogen and oxygen atoms in total. The van der Waals surface area contributed by atoms with E-state index in [-0.39, 0.29) is 16.8 Å². The van der Waals surface area contributed by atoms with Crippen molar-refractivity contribution in [3.05, 3.63) is 89.9 Å². The average Bonchev–Trinajstić information content (AvgIpc) is 3.33. The number of nitrogens with one attached hydrogen (secondary N) is 1. The Bertz CT molecular complexity index is 1130. The number of furan rings is 1. The van der Waals surface area contributed by atoms with Gasteiger partial charge in [-0.05, 0) is 55.7 Å². The standard InChI is InChI=1S/C24H26N2O4S/c1-18-9-5-6-15-26(18)31(28,29)21-13-7-12-20(17-21)24(27)25-23(22-14-8-16-30-22)19-10-3-2-4-11-19/h2-4,7-8,10-14,16-18,23H,5-6,9,15H2,1H3,(H,25,27). The quantitative estimate of drug-likeness (QED) is 0.620. The van der Waals surface area contributed by atoms with E-state index >= 15 is 0 Å². The molecular formula is C24H26N2O4S. The van der Waals surface area contributed by atoms with Gasteiger partial charge in [0, 0.05) is 18.2 Å². The predicted molar refractivity (Wildman–Crippen MR) is 118 cm³/mol. The molecule has 0 aliphatic carbocycles. The highest BCUT2D eigenvalue weighted by atomic mass is 32.2. The van der Waals surface area contributed by atoms with Crippen LogP contribution in [0, 0.1) is 0 Å². The smallest absolute Gasteiger partial charge is 0.252 e. The first-order chi connectivity index (χ1) is 15.0. The zero-order chi connectivity index (χ0) is 21.8. The van der Waals surface area contributed by atoms with Crippen molar-refractivity contribution < 1.29 is 17.6 Å². The van der Waals surface area contributed by atoms with Crippen LogP contribution in [0.1, 0.15) is 53.9 Å². The van der Waals surface area contributed by atoms with Gasteiger partial charge in [-0.2, -0.15) is 4.31 Å². The summed E-state index contributed by atoms with van der Waals surface area (Å²) in [7, 11) is -3.66. The van der Waals surface area contributed by atoms with Crippen LogP contribution in [0.25, 0.3) is 0 Å². The van der Waals surface area contributed by atoms with Crippen molar-refractivity contribution in [3.8, 4) is 0 Å². The van der Waals surface area contributed by atoms with E-state index in [1.54, 1.807) is 40.9 Å². The van der Waals surface area contributed by atoms with Crippen molar-refractivity contribution >= 4 is 15.9 Å². The summed E-state index contributed by atoms with van der Waals surface area (Å²) in [5.74, 6) is 0.236. The molecule has 7 heteroatoms. The summed E-state index contributed by atoms with van der Waals surface area (Å²) >= 11 is 0. The van der Waals surface area contributed by atoms with Crippen LogP contribution in [0.15, 0.2) is 82.3 Å². The lowest BCUT2D eigenvalue weighted by Gasteiger charge is -2.32. The number of benzene rings is 2. The van der Waals surface area contributed by atoms with Crippen molar-refractivity contribution in [2.45, 2.75) is 43.2 Å². The van der Waals surface area contributed by atoms with Gasteiger partial charge in [0.05, 0.1) is 11.2 Å². The van der Waals surface area contributed by atoms with Crippen LogP contribution >= 0.6 is 0 Å². The molecular weight excluding hydrogens is 412 g/mol. The summed E-state index contributed by atoms with van der Waals surface area (Å²) in [6.45, 7) is 2.44. The first kappa shape index (κ1) is 21.3. The van der Waals surface area contributed by atoms with Crippen molar-refractivity contribution in [1.82, 2.24) is 9.62 Å². The highest BCUT2D eigenvalue weighted by Crippen LogP contribution is 2.26. The highest BCUT2D eigenvalue weighted by molar-refractivity contribution is 7.89. The molecule has 0 radical (unpaired) electrons. The third-order valence-electron chi connectivity index (χ3n) is 5.68. The third kappa shape index (κ3) is 4.57. The van der Waals surface area contributed by atoms with Crippen LogP contribution in [0.3, 0.4) is 0 Å². The number of rotatable bonds is 6. The van der Waals surface area contributed by atoms with Crippen LogP contribution in [-0.2, 0) is 10.0 Å². The average molecular weight is 439 g/mol. The van der Waals surface area contributed by atoms with Gasteiger partial charge in [0.15, 0.2) is 0 Å². The van der Waals surface area contributed by atoms with Gasteiger partial charge in [-0.15, -0.1) is 0 Å². The molecule has 1 aliphatic heterocycles. The molecule has 2 aromatic carbocycles. The van der Waals surface area contributed by atoms with E-state index in [4.69, 9.17) is 4.42 Å². The van der Waals surface area contributed by atoms with Gasteiger partial charge in [0.25, 0.3) is 5.91 Å². The van der Waals surface area contributed by atoms with E-state index in [0.29, 0.717) is 17.9 Å². The van der Waals surface area contributed by atoms with Crippen LogP contribution in [-0.4, -0.2) is 31.2 Å². The molecule has 31 heavy (non-hydrogen) atoms. The van der Waals surface area contributed by atoms with Crippen LogP contribution in [0.5, 0.6) is 0 Å². The minimum atomic E-state index is -3.66. The fourth-order valence-electron chi connectivity index (χ4n) is 4.00. The summed E-state index contributed by atoms with van der Waals surface area (Å²) in [4.78, 5) is 13.2. The zero-order valence-electron chi connectivity index (χ0n) is 17.4. The lowest BCUT2D eigenvalue weighted by atomic mass is 10.0. The first-order valence-electron chi connectivity index (χ1n) is 10.5. The van der Waals surface area contributed by atoms with E-state index in [9.17, 15) is 13.2 Å². The summed E-state index contributed by atoms with van der Waals surface area (Å²) in [6.07, 6.45) is 4.29. The Balaban J connectivity index is 1.60. The zero-order valence-corrected chi connectivity index (χ0v) is 18.2. The molecule has 4 rings (SSSR count). The molecule has 1 aliphatic rings. The minimum Gasteiger partial charge on any atom is -0.467 e. The topological polar surface area (TPSA) is 79.6 Å². The van der Waals surface area contributed by atoms with E-state index in [1.165, 1.54) is 6.07 Å². The van der Waals surface area contributed by atoms with Gasteiger partial charge in [0.1, 0.15) is 11.8 Å². The molecule has 162 valence electrons. The van der Waals surface area contributed by atoms with Gasteiger partial charge in [-0.25, -0.2) is 8.42 Å². The van der Waals surface area contributed by atoms with Gasteiger partial charge in [-0.3, -0.25) is 4.79 Å². The second-order valence-corrected chi connectivity index (χ2v) is 9.71. The number of amides is 1. The van der Waals surface area contributed by atoms with Gasteiger partial charge < -0.3 is 9.73 Å². The number of carbonyl (C=O) groups excluding carboxylic acids is 1. The van der Waals surface area contributed by atoms with Crippen LogP contribution in [0.2, 0.25) is 0 Å². The van der Waals surface area contributed by atoms with Crippen LogP contribution in [0.4, 0.5) is 0 Å². The Labute approximate surface area is 182 Å². The minimum absolute atomic E-state index is 0.0438. The van der Waals surface area contributed by atoms with E-state index in [0.717, 1.165) is 24.8 Å². The van der Waals surface area contributed by atoms with Gasteiger partial charge >= 0.3 is 0 Å². The second-order valence-electron chi connectivity index (χ2n) is 7.82. The van der Waals surface area contributed by atoms with E-state index < -0.39 is 16.1 Å². The Kier molecular flexibility index (Phi) is 6.25. The fourth-order valence-corrected chi connectivity index (χ4v) is 5.74. The molecule has 2 heterocycles. The number of hydrogen-bond donors (Lipinski definition) is 1. The molecule has 1 aromatic heterocycles. The number of carbonyl (C=O) groups is 1. The molecule has 1 N–H and O–H groups in total. The molecule has 2 unspecified atom stereocenters. The molecule has 3 aromatic rings. The van der Waals surface area contributed by atoms with Crippen molar-refractivity contribution in [1.29, 1.82) is 0 Å². The maximum Gasteiger partial charge on any atom is 0.252 e. The van der Waals surface area contributed by atoms with Gasteiger partial charge in [0.2, 0.25) is 10.0 Å². The van der Waals surface area contributed by atoms with E-state index in [1.807, 2.05) is 37.3 Å². The second kappa shape index (κ2) is 9.08. The van der Waals surface area contributed by atoms with E-state index in [2.05, 4.69) is 5.32 Å². The summed E-state index contributed by atoms with van der Waals surface area (Å²) in [6, 6.07) is 18.8. The molecule has 1 saturated heterocycles. The summed E-state index contributed by atoms with van der Waals surface area (Å²) < 4.78 is 33.4. The molecule has 0 bridgehead atoms. The first-order valence-corrected chi connectivity index (χ1v) is 11.9. The normalized spacial score (nSPS) is 18.4. The lowest BCUT2D eigenvalue weighted by Crippen LogP contribution is -2.42. The number of sulfonamides is 1. The van der Waals surface area contributed by atoms with Crippen molar-refractivity contribution in [2.75, 3.05) is 6.54 Å². The Morgan fingerprint density at radius 3 is 2.58 bits per heavy atom. The molecule has 0 saturated carbocycles. The Hall–Kier alpha value is -2.90. The maximum absolute atomic E-state index is 13.2. The lowest BCUT2D eigenvalue weighted by molar-refractivity contribution is 0.0938. The summed E-state index contributed by atoms with van der Waals surface area (Å²) in [5.41, 5.74) is 1.16. The molecule has 1 amide bonds. The number of piperidine rings is 1. The maximum atomic E-state index is 13.2.